The lowest BCUT2D eigenvalue weighted by atomic mass is 9.84. The number of aliphatic carboxylic acids is 1. The lowest BCUT2D eigenvalue weighted by Gasteiger charge is -2.20. The number of aromatic nitrogens is 1. The molecule has 0 aliphatic heterocycles. The Hall–Kier alpha value is -2.93. The number of hydrogen-bond donors (Lipinski definition) is 2. The van der Waals surface area contributed by atoms with Gasteiger partial charge in [-0.25, -0.2) is 8.78 Å². The van der Waals surface area contributed by atoms with Crippen molar-refractivity contribution in [2.75, 3.05) is 0 Å². The molecule has 0 radical (unpaired) electrons. The molecule has 3 rings (SSSR count). The minimum Gasteiger partial charge on any atom is -0.503 e. The number of fused-ring (bicyclic) bond motifs is 1. The molecule has 1 unspecified atom stereocenters. The molecule has 1 aromatic heterocycles. The summed E-state index contributed by atoms with van der Waals surface area (Å²) in [6.45, 7) is 4.97. The van der Waals surface area contributed by atoms with Gasteiger partial charge in [-0.2, -0.15) is 0 Å². The third kappa shape index (κ3) is 3.43. The zero-order valence-corrected chi connectivity index (χ0v) is 17.3. The molecule has 0 bridgehead atoms. The second-order valence-electron chi connectivity index (χ2n) is 7.26. The second kappa shape index (κ2) is 8.07. The van der Waals surface area contributed by atoms with Crippen molar-refractivity contribution in [2.45, 2.75) is 33.1 Å². The van der Waals surface area contributed by atoms with Gasteiger partial charge in [0.05, 0.1) is 11.4 Å². The molecule has 2 atom stereocenters. The molecule has 0 saturated heterocycles. The molecule has 1 heterocycles. The zero-order chi connectivity index (χ0) is 22.3. The molecule has 5 nitrogen and oxygen atoms in total. The highest BCUT2D eigenvalue weighted by atomic mass is 35.5. The predicted molar refractivity (Wildman–Crippen MR) is 109 cm³/mol. The van der Waals surface area contributed by atoms with Crippen molar-refractivity contribution in [3.05, 3.63) is 63.8 Å². The number of carboxylic acids is 1. The number of rotatable bonds is 5. The monoisotopic (exact) mass is 435 g/mol. The van der Waals surface area contributed by atoms with Crippen LogP contribution in [0.25, 0.3) is 10.9 Å². The average Bonchev–Trinajstić information content (AvgIpc) is 2.98. The highest BCUT2D eigenvalue weighted by molar-refractivity contribution is 6.30. The van der Waals surface area contributed by atoms with Crippen LogP contribution in [-0.4, -0.2) is 26.7 Å². The van der Waals surface area contributed by atoms with Gasteiger partial charge in [-0.3, -0.25) is 14.2 Å². The Morgan fingerprint density at radius 3 is 2.33 bits per heavy atom. The average molecular weight is 436 g/mol. The van der Waals surface area contributed by atoms with Crippen LogP contribution in [0.2, 0.25) is 5.02 Å². The number of hydrogen-bond acceptors (Lipinski definition) is 3. The predicted octanol–water partition coefficient (Wildman–Crippen LogP) is 5.49. The van der Waals surface area contributed by atoms with Crippen LogP contribution >= 0.6 is 11.6 Å². The molecular weight excluding hydrogens is 416 g/mol. The number of carboxylic acid groups (broad SMARTS) is 1. The molecule has 0 amide bonds. The van der Waals surface area contributed by atoms with Gasteiger partial charge in [0, 0.05) is 27.7 Å². The van der Waals surface area contributed by atoms with Crippen LogP contribution in [-0.2, 0) is 4.79 Å². The van der Waals surface area contributed by atoms with Crippen molar-refractivity contribution in [3.63, 3.8) is 0 Å². The molecule has 158 valence electrons. The molecule has 0 fully saturated rings. The van der Waals surface area contributed by atoms with E-state index >= 15 is 0 Å². The topological polar surface area (TPSA) is 79.5 Å². The van der Waals surface area contributed by atoms with E-state index in [2.05, 4.69) is 0 Å². The standard InChI is InChI=1S/C22H20ClF2NO4/c1-4-10(2)16(22(29)30)17-11(3)26(21(28)12-5-7-13(23)8-6-12)15-9-14(24)20(27)19(25)18(15)17/h5-10,16,27H,4H2,1-3H3,(H,29,30)/t10?,16-/m0/s1. The van der Waals surface area contributed by atoms with Crippen molar-refractivity contribution >= 4 is 34.4 Å². The van der Waals surface area contributed by atoms with Crippen LogP contribution in [0.1, 0.15) is 47.8 Å². The first kappa shape index (κ1) is 21.8. The summed E-state index contributed by atoms with van der Waals surface area (Å²) < 4.78 is 30.3. The van der Waals surface area contributed by atoms with E-state index in [-0.39, 0.29) is 27.7 Å². The third-order valence-electron chi connectivity index (χ3n) is 5.49. The van der Waals surface area contributed by atoms with Gasteiger partial charge in [-0.05, 0) is 42.7 Å². The quantitative estimate of drug-likeness (QED) is 0.555. The first-order valence-corrected chi connectivity index (χ1v) is 9.72. The van der Waals surface area contributed by atoms with Gasteiger partial charge in [0.15, 0.2) is 17.4 Å². The molecule has 30 heavy (non-hydrogen) atoms. The van der Waals surface area contributed by atoms with E-state index in [1.807, 2.05) is 0 Å². The van der Waals surface area contributed by atoms with Gasteiger partial charge in [0.25, 0.3) is 5.91 Å². The van der Waals surface area contributed by atoms with E-state index < -0.39 is 41.1 Å². The van der Waals surface area contributed by atoms with Crippen LogP contribution in [0, 0.1) is 24.5 Å². The van der Waals surface area contributed by atoms with Crippen LogP contribution in [0.15, 0.2) is 30.3 Å². The smallest absolute Gasteiger partial charge is 0.311 e. The van der Waals surface area contributed by atoms with E-state index in [4.69, 9.17) is 11.6 Å². The fraction of sp³-hybridized carbons (Fsp3) is 0.273. The summed E-state index contributed by atoms with van der Waals surface area (Å²) in [6, 6.07) is 6.78. The van der Waals surface area contributed by atoms with Crippen molar-refractivity contribution in [1.82, 2.24) is 4.57 Å². The fourth-order valence-electron chi connectivity index (χ4n) is 3.76. The molecule has 3 aromatic rings. The number of phenolic OH excluding ortho intramolecular Hbond substituents is 1. The highest BCUT2D eigenvalue weighted by Gasteiger charge is 2.35. The van der Waals surface area contributed by atoms with Gasteiger partial charge in [-0.1, -0.05) is 31.9 Å². The van der Waals surface area contributed by atoms with E-state index in [0.29, 0.717) is 11.4 Å². The van der Waals surface area contributed by atoms with Crippen molar-refractivity contribution in [3.8, 4) is 5.75 Å². The normalized spacial score (nSPS) is 13.4. The van der Waals surface area contributed by atoms with Crippen molar-refractivity contribution in [2.24, 2.45) is 5.92 Å². The second-order valence-corrected chi connectivity index (χ2v) is 7.70. The lowest BCUT2D eigenvalue weighted by molar-refractivity contribution is -0.140. The van der Waals surface area contributed by atoms with E-state index in [1.54, 1.807) is 13.8 Å². The third-order valence-corrected chi connectivity index (χ3v) is 5.74. The molecule has 0 saturated carbocycles. The molecule has 2 N–H and O–H groups in total. The summed E-state index contributed by atoms with van der Waals surface area (Å²) in [4.78, 5) is 25.3. The maximum absolute atomic E-state index is 15.0. The summed E-state index contributed by atoms with van der Waals surface area (Å²) in [5.41, 5.74) is 0.267. The fourth-order valence-corrected chi connectivity index (χ4v) is 3.89. The SMILES string of the molecule is CCC(C)[C@H](C(=O)O)c1c(C)n(C(=O)c2ccc(Cl)cc2)c2cc(F)c(O)c(F)c12. The Morgan fingerprint density at radius 1 is 1.20 bits per heavy atom. The Bertz CT molecular complexity index is 1150. The molecule has 0 aliphatic carbocycles. The van der Waals surface area contributed by atoms with Crippen LogP contribution in [0.4, 0.5) is 8.78 Å². The lowest BCUT2D eigenvalue weighted by Crippen LogP contribution is -2.21. The minimum atomic E-state index is -1.29. The Labute approximate surface area is 176 Å². The Kier molecular flexibility index (Phi) is 5.85. The summed E-state index contributed by atoms with van der Waals surface area (Å²) in [6.07, 6.45) is 0.475. The molecule has 0 spiro atoms. The van der Waals surface area contributed by atoms with Gasteiger partial charge < -0.3 is 10.2 Å². The number of halogens is 3. The van der Waals surface area contributed by atoms with Gasteiger partial charge in [-0.15, -0.1) is 0 Å². The first-order chi connectivity index (χ1) is 14.1. The maximum Gasteiger partial charge on any atom is 0.311 e. The summed E-state index contributed by atoms with van der Waals surface area (Å²) in [5.74, 6) is -7.11. The molecule has 2 aromatic carbocycles. The van der Waals surface area contributed by atoms with E-state index in [0.717, 1.165) is 10.6 Å². The Morgan fingerprint density at radius 2 is 1.80 bits per heavy atom. The van der Waals surface area contributed by atoms with Crippen LogP contribution < -0.4 is 0 Å². The van der Waals surface area contributed by atoms with Crippen LogP contribution in [0.5, 0.6) is 5.75 Å². The van der Waals surface area contributed by atoms with Crippen molar-refractivity contribution in [1.29, 1.82) is 0 Å². The van der Waals surface area contributed by atoms with Gasteiger partial charge in [0.2, 0.25) is 0 Å². The van der Waals surface area contributed by atoms with Gasteiger partial charge in [0.1, 0.15) is 0 Å². The number of phenols is 1. The Balaban J connectivity index is 2.42. The molecular formula is C22H20ClF2NO4. The highest BCUT2D eigenvalue weighted by Crippen LogP contribution is 2.41. The zero-order valence-electron chi connectivity index (χ0n) is 16.5. The summed E-state index contributed by atoms with van der Waals surface area (Å²) in [5, 5.41) is 19.8. The number of aromatic hydroxyl groups is 1. The van der Waals surface area contributed by atoms with E-state index in [9.17, 15) is 28.6 Å². The first-order valence-electron chi connectivity index (χ1n) is 9.35. The number of nitrogens with zero attached hydrogens (tertiary/aromatic N) is 1. The molecule has 8 heteroatoms. The van der Waals surface area contributed by atoms with Gasteiger partial charge >= 0.3 is 5.97 Å². The summed E-state index contributed by atoms with van der Waals surface area (Å²) >= 11 is 5.87. The number of carbonyl (C=O) groups excluding carboxylic acids is 1. The summed E-state index contributed by atoms with van der Waals surface area (Å²) in [7, 11) is 0. The largest absolute Gasteiger partial charge is 0.503 e. The molecule has 0 aliphatic rings. The minimum absolute atomic E-state index is 0.0435. The van der Waals surface area contributed by atoms with Crippen LogP contribution in [0.3, 0.4) is 0 Å². The number of carbonyl (C=O) groups is 2. The van der Waals surface area contributed by atoms with E-state index in [1.165, 1.54) is 31.2 Å². The maximum atomic E-state index is 15.0. The number of benzene rings is 2. The van der Waals surface area contributed by atoms with Crippen molar-refractivity contribution < 1.29 is 28.6 Å².